The van der Waals surface area contributed by atoms with Crippen molar-refractivity contribution in [3.8, 4) is 10.6 Å². The van der Waals surface area contributed by atoms with Gasteiger partial charge < -0.3 is 10.2 Å². The molecule has 0 radical (unpaired) electrons. The van der Waals surface area contributed by atoms with Crippen LogP contribution in [0.2, 0.25) is 0 Å². The van der Waals surface area contributed by atoms with Crippen LogP contribution in [-0.2, 0) is 9.59 Å². The molecule has 0 atom stereocenters. The van der Waals surface area contributed by atoms with Crippen LogP contribution in [0.4, 0.5) is 5.13 Å². The Labute approximate surface area is 159 Å². The summed E-state index contributed by atoms with van der Waals surface area (Å²) in [6, 6.07) is 7.74. The molecule has 0 saturated heterocycles. The molecular formula is C17H21BrN4O2S. The number of aromatic nitrogens is 2. The van der Waals surface area contributed by atoms with Gasteiger partial charge in [0.05, 0.1) is 0 Å². The van der Waals surface area contributed by atoms with E-state index in [4.69, 9.17) is 0 Å². The van der Waals surface area contributed by atoms with Crippen LogP contribution in [0.1, 0.15) is 33.1 Å². The molecule has 0 aliphatic heterocycles. The number of unbranched alkanes of at least 4 members (excludes halogenated alkanes) is 1. The van der Waals surface area contributed by atoms with E-state index >= 15 is 0 Å². The minimum absolute atomic E-state index is 0.00492. The zero-order valence-corrected chi connectivity index (χ0v) is 16.7. The average Bonchev–Trinajstić information content (AvgIpc) is 3.03. The Morgan fingerprint density at radius 1 is 1.20 bits per heavy atom. The number of carbonyl (C=O) groups is 2. The molecule has 1 heterocycles. The summed E-state index contributed by atoms with van der Waals surface area (Å²) in [6.45, 7) is 4.71. The number of anilines is 1. The number of nitrogens with zero attached hydrogens (tertiary/aromatic N) is 3. The second-order valence-electron chi connectivity index (χ2n) is 5.58. The number of benzene rings is 1. The predicted octanol–water partition coefficient (Wildman–Crippen LogP) is 3.94. The molecule has 2 aromatic rings. The first-order chi connectivity index (χ1) is 12.0. The van der Waals surface area contributed by atoms with E-state index in [1.54, 1.807) is 4.90 Å². The second-order valence-corrected chi connectivity index (χ2v) is 7.47. The fraction of sp³-hybridized carbons (Fsp3) is 0.412. The molecule has 2 amide bonds. The Balaban J connectivity index is 1.88. The summed E-state index contributed by atoms with van der Waals surface area (Å²) in [6.07, 6.45) is 2.20. The van der Waals surface area contributed by atoms with Crippen molar-refractivity contribution < 1.29 is 9.59 Å². The van der Waals surface area contributed by atoms with Crippen LogP contribution in [0.25, 0.3) is 10.6 Å². The Morgan fingerprint density at radius 2 is 1.92 bits per heavy atom. The van der Waals surface area contributed by atoms with Gasteiger partial charge in [-0.25, -0.2) is 0 Å². The quantitative estimate of drug-likeness (QED) is 0.695. The zero-order chi connectivity index (χ0) is 18.2. The third-order valence-corrected chi connectivity index (χ3v) is 5.01. The van der Waals surface area contributed by atoms with Gasteiger partial charge in [-0.3, -0.25) is 9.59 Å². The summed E-state index contributed by atoms with van der Waals surface area (Å²) in [5.74, 6) is -0.170. The normalized spacial score (nSPS) is 10.5. The molecule has 1 aromatic carbocycles. The van der Waals surface area contributed by atoms with Crippen molar-refractivity contribution in [1.82, 2.24) is 15.1 Å². The number of carbonyl (C=O) groups excluding carboxylic acids is 2. The molecule has 0 aliphatic carbocycles. The van der Waals surface area contributed by atoms with Crippen LogP contribution in [-0.4, -0.2) is 40.0 Å². The highest BCUT2D eigenvalue weighted by Crippen LogP contribution is 2.27. The van der Waals surface area contributed by atoms with Gasteiger partial charge in [0.2, 0.25) is 16.9 Å². The summed E-state index contributed by atoms with van der Waals surface area (Å²) < 4.78 is 0.993. The maximum Gasteiger partial charge on any atom is 0.227 e. The van der Waals surface area contributed by atoms with Crippen molar-refractivity contribution in [3.05, 3.63) is 28.7 Å². The van der Waals surface area contributed by atoms with E-state index in [1.165, 1.54) is 18.3 Å². The van der Waals surface area contributed by atoms with Crippen LogP contribution in [0.5, 0.6) is 0 Å². The topological polar surface area (TPSA) is 75.2 Å². The highest BCUT2D eigenvalue weighted by molar-refractivity contribution is 9.10. The Kier molecular flexibility index (Phi) is 7.52. The first-order valence-electron chi connectivity index (χ1n) is 8.14. The number of nitrogens with one attached hydrogen (secondary N) is 1. The Morgan fingerprint density at radius 3 is 2.56 bits per heavy atom. The summed E-state index contributed by atoms with van der Waals surface area (Å²) in [7, 11) is 0. The largest absolute Gasteiger partial charge is 0.342 e. The van der Waals surface area contributed by atoms with Crippen molar-refractivity contribution in [1.29, 1.82) is 0 Å². The number of amides is 2. The molecular weight excluding hydrogens is 404 g/mol. The summed E-state index contributed by atoms with van der Waals surface area (Å²) in [4.78, 5) is 25.4. The van der Waals surface area contributed by atoms with Gasteiger partial charge in [0, 0.05) is 36.5 Å². The third-order valence-electron chi connectivity index (χ3n) is 3.60. The molecule has 8 heteroatoms. The molecule has 6 nitrogen and oxygen atoms in total. The van der Waals surface area contributed by atoms with Gasteiger partial charge in [-0.2, -0.15) is 0 Å². The number of hydrogen-bond donors (Lipinski definition) is 1. The van der Waals surface area contributed by atoms with Crippen molar-refractivity contribution in [2.45, 2.75) is 33.1 Å². The maximum absolute atomic E-state index is 12.1. The van der Waals surface area contributed by atoms with E-state index in [0.717, 1.165) is 27.9 Å². The van der Waals surface area contributed by atoms with Crippen LogP contribution < -0.4 is 5.32 Å². The summed E-state index contributed by atoms with van der Waals surface area (Å²) >= 11 is 4.72. The van der Waals surface area contributed by atoms with Gasteiger partial charge in [0.1, 0.15) is 5.01 Å². The van der Waals surface area contributed by atoms with E-state index < -0.39 is 0 Å². The summed E-state index contributed by atoms with van der Waals surface area (Å²) in [5, 5.41) is 12.1. The monoisotopic (exact) mass is 424 g/mol. The highest BCUT2D eigenvalue weighted by Gasteiger charge is 2.13. The van der Waals surface area contributed by atoms with Crippen LogP contribution in [0.15, 0.2) is 28.7 Å². The molecule has 2 rings (SSSR count). The van der Waals surface area contributed by atoms with Crippen molar-refractivity contribution in [2.75, 3.05) is 18.4 Å². The number of halogens is 1. The SMILES string of the molecule is CCCCN(CCC(=O)Nc1nnc(-c2ccc(Br)cc2)s1)C(C)=O. The molecule has 0 unspecified atom stereocenters. The molecule has 0 aliphatic rings. The highest BCUT2D eigenvalue weighted by atomic mass is 79.9. The average molecular weight is 425 g/mol. The number of rotatable bonds is 8. The van der Waals surface area contributed by atoms with Crippen molar-refractivity contribution in [2.24, 2.45) is 0 Å². The summed E-state index contributed by atoms with van der Waals surface area (Å²) in [5.41, 5.74) is 0.948. The smallest absolute Gasteiger partial charge is 0.227 e. The molecule has 0 spiro atoms. The van der Waals surface area contributed by atoms with E-state index in [2.05, 4.69) is 38.4 Å². The zero-order valence-electron chi connectivity index (χ0n) is 14.3. The Hall–Kier alpha value is -1.80. The second kappa shape index (κ2) is 9.62. The molecule has 0 fully saturated rings. The van der Waals surface area contributed by atoms with Crippen LogP contribution in [0.3, 0.4) is 0 Å². The Bertz CT molecular complexity index is 718. The van der Waals surface area contributed by atoms with Gasteiger partial charge >= 0.3 is 0 Å². The molecule has 0 bridgehead atoms. The van der Waals surface area contributed by atoms with Crippen molar-refractivity contribution >= 4 is 44.2 Å². The predicted molar refractivity (Wildman–Crippen MR) is 103 cm³/mol. The first-order valence-corrected chi connectivity index (χ1v) is 9.75. The van der Waals surface area contributed by atoms with E-state index in [1.807, 2.05) is 24.3 Å². The lowest BCUT2D eigenvalue weighted by Gasteiger charge is -2.20. The number of hydrogen-bond acceptors (Lipinski definition) is 5. The van der Waals surface area contributed by atoms with Crippen LogP contribution >= 0.6 is 27.3 Å². The fourth-order valence-electron chi connectivity index (χ4n) is 2.18. The van der Waals surface area contributed by atoms with E-state index in [9.17, 15) is 9.59 Å². The maximum atomic E-state index is 12.1. The standard InChI is InChI=1S/C17H21BrN4O2S/c1-3-4-10-22(12(2)23)11-9-15(24)19-17-21-20-16(25-17)13-5-7-14(18)8-6-13/h5-8H,3-4,9-11H2,1-2H3,(H,19,21,24). The minimum atomic E-state index is -0.166. The molecule has 0 saturated carbocycles. The fourth-order valence-corrected chi connectivity index (χ4v) is 3.21. The lowest BCUT2D eigenvalue weighted by Crippen LogP contribution is -2.32. The van der Waals surface area contributed by atoms with Crippen LogP contribution in [0, 0.1) is 0 Å². The van der Waals surface area contributed by atoms with Gasteiger partial charge in [0.15, 0.2) is 0 Å². The van der Waals surface area contributed by atoms with Gasteiger partial charge in [0.25, 0.3) is 0 Å². The van der Waals surface area contributed by atoms with Gasteiger partial charge in [-0.05, 0) is 18.6 Å². The lowest BCUT2D eigenvalue weighted by molar-refractivity contribution is -0.129. The third kappa shape index (κ3) is 6.21. The molecule has 1 aromatic heterocycles. The van der Waals surface area contributed by atoms with E-state index in [-0.39, 0.29) is 18.2 Å². The molecule has 1 N–H and O–H groups in total. The molecule has 134 valence electrons. The van der Waals surface area contributed by atoms with Gasteiger partial charge in [-0.15, -0.1) is 10.2 Å². The van der Waals surface area contributed by atoms with E-state index in [0.29, 0.717) is 18.2 Å². The van der Waals surface area contributed by atoms with Gasteiger partial charge in [-0.1, -0.05) is 52.7 Å². The lowest BCUT2D eigenvalue weighted by atomic mass is 10.2. The minimum Gasteiger partial charge on any atom is -0.342 e. The first kappa shape index (κ1) is 19.5. The molecule has 25 heavy (non-hydrogen) atoms. The van der Waals surface area contributed by atoms with Crippen molar-refractivity contribution in [3.63, 3.8) is 0 Å².